The van der Waals surface area contributed by atoms with Gasteiger partial charge in [0.2, 0.25) is 10.0 Å². The van der Waals surface area contributed by atoms with Crippen LogP contribution in [0.1, 0.15) is 25.7 Å². The molecule has 1 aromatic carbocycles. The Morgan fingerprint density at radius 2 is 1.67 bits per heavy atom. The van der Waals surface area contributed by atoms with Crippen LogP contribution in [0, 0.1) is 17.5 Å². The van der Waals surface area contributed by atoms with Gasteiger partial charge in [-0.25, -0.2) is 21.6 Å². The molecule has 2 atom stereocenters. The van der Waals surface area contributed by atoms with Gasteiger partial charge >= 0.3 is 0 Å². The summed E-state index contributed by atoms with van der Waals surface area (Å²) in [5, 5.41) is 0. The van der Waals surface area contributed by atoms with Gasteiger partial charge < -0.3 is 0 Å². The summed E-state index contributed by atoms with van der Waals surface area (Å²) in [5.74, 6) is -3.98. The van der Waals surface area contributed by atoms with E-state index in [-0.39, 0.29) is 10.9 Å². The molecule has 0 aromatic heterocycles. The molecule has 1 fully saturated rings. The summed E-state index contributed by atoms with van der Waals surface area (Å²) < 4.78 is 66.2. The van der Waals surface area contributed by atoms with Gasteiger partial charge in [0.25, 0.3) is 0 Å². The van der Waals surface area contributed by atoms with Crippen molar-refractivity contribution in [3.63, 3.8) is 0 Å². The topological polar surface area (TPSA) is 37.4 Å². The number of rotatable bonds is 3. The van der Waals surface area contributed by atoms with Gasteiger partial charge in [-0.3, -0.25) is 0 Å². The van der Waals surface area contributed by atoms with E-state index >= 15 is 0 Å². The van der Waals surface area contributed by atoms with Gasteiger partial charge in [-0.2, -0.15) is 4.31 Å². The second kappa shape index (κ2) is 6.26. The molecule has 2 unspecified atom stereocenters. The zero-order valence-corrected chi connectivity index (χ0v) is 13.7. The summed E-state index contributed by atoms with van der Waals surface area (Å²) in [5.41, 5.74) is 0. The largest absolute Gasteiger partial charge is 0.248 e. The molecule has 118 valence electrons. The lowest BCUT2D eigenvalue weighted by Crippen LogP contribution is -2.44. The van der Waals surface area contributed by atoms with E-state index in [4.69, 9.17) is 0 Å². The molecule has 0 bridgehead atoms. The minimum Gasteiger partial charge on any atom is -0.207 e. The Balaban J connectivity index is 2.42. The molecule has 0 aliphatic heterocycles. The first-order valence-electron chi connectivity index (χ1n) is 6.52. The van der Waals surface area contributed by atoms with E-state index in [9.17, 15) is 21.6 Å². The van der Waals surface area contributed by atoms with Gasteiger partial charge in [-0.05, 0) is 12.8 Å². The van der Waals surface area contributed by atoms with Gasteiger partial charge in [-0.15, -0.1) is 0 Å². The van der Waals surface area contributed by atoms with Crippen molar-refractivity contribution in [3.05, 3.63) is 29.6 Å². The molecule has 2 rings (SSSR count). The monoisotopic (exact) mass is 385 g/mol. The number of nitrogens with zero attached hydrogens (tertiary/aromatic N) is 1. The lowest BCUT2D eigenvalue weighted by atomic mass is 9.96. The Bertz CT molecular complexity index is 615. The highest BCUT2D eigenvalue weighted by atomic mass is 79.9. The van der Waals surface area contributed by atoms with Crippen molar-refractivity contribution in [1.82, 2.24) is 4.31 Å². The van der Waals surface area contributed by atoms with Crippen molar-refractivity contribution in [2.75, 3.05) is 7.05 Å². The van der Waals surface area contributed by atoms with E-state index in [1.54, 1.807) is 0 Å². The van der Waals surface area contributed by atoms with Gasteiger partial charge in [0.05, 0.1) is 0 Å². The van der Waals surface area contributed by atoms with Crippen LogP contribution < -0.4 is 0 Å². The van der Waals surface area contributed by atoms with Crippen LogP contribution in [0.2, 0.25) is 0 Å². The van der Waals surface area contributed by atoms with Crippen LogP contribution in [0.25, 0.3) is 0 Å². The first-order chi connectivity index (χ1) is 9.75. The Morgan fingerprint density at radius 1 is 1.14 bits per heavy atom. The third kappa shape index (κ3) is 3.27. The van der Waals surface area contributed by atoms with Crippen molar-refractivity contribution >= 4 is 26.0 Å². The van der Waals surface area contributed by atoms with E-state index in [0.29, 0.717) is 18.6 Å². The average Bonchev–Trinajstić information content (AvgIpc) is 2.36. The maximum Gasteiger partial charge on any atom is 0.248 e. The smallest absolute Gasteiger partial charge is 0.207 e. The predicted octanol–water partition coefficient (Wildman–Crippen LogP) is 3.43. The van der Waals surface area contributed by atoms with Crippen molar-refractivity contribution < 1.29 is 21.6 Å². The SMILES string of the molecule is CN(C1CCCCC1Br)S(=O)(=O)c1c(F)cc(F)cc1F. The number of hydrogen-bond donors (Lipinski definition) is 0. The highest BCUT2D eigenvalue weighted by Crippen LogP contribution is 2.32. The second-order valence-corrected chi connectivity index (χ2v) is 8.20. The standard InChI is InChI=1S/C13H15BrF3NO2S/c1-18(12-5-3-2-4-9(12)14)21(19,20)13-10(16)6-8(15)7-11(13)17/h6-7,9,12H,2-5H2,1H3. The zero-order chi connectivity index (χ0) is 15.8. The number of hydrogen-bond acceptors (Lipinski definition) is 2. The molecular weight excluding hydrogens is 371 g/mol. The molecular formula is C13H15BrF3NO2S. The van der Waals surface area contributed by atoms with Gasteiger partial charge in [-0.1, -0.05) is 28.8 Å². The van der Waals surface area contributed by atoms with Crippen LogP contribution in [0.3, 0.4) is 0 Å². The molecule has 0 radical (unpaired) electrons. The fourth-order valence-electron chi connectivity index (χ4n) is 2.57. The lowest BCUT2D eigenvalue weighted by Gasteiger charge is -2.34. The first kappa shape index (κ1) is 16.8. The maximum absolute atomic E-state index is 13.7. The fourth-order valence-corrected chi connectivity index (χ4v) is 5.18. The molecule has 0 saturated heterocycles. The molecule has 21 heavy (non-hydrogen) atoms. The van der Waals surface area contributed by atoms with Crippen LogP contribution in [-0.2, 0) is 10.0 Å². The van der Waals surface area contributed by atoms with Crippen molar-refractivity contribution in [1.29, 1.82) is 0 Å². The van der Waals surface area contributed by atoms with Gasteiger partial charge in [0.1, 0.15) is 17.5 Å². The van der Waals surface area contributed by atoms with Crippen LogP contribution in [0.15, 0.2) is 17.0 Å². The van der Waals surface area contributed by atoms with Crippen molar-refractivity contribution in [3.8, 4) is 0 Å². The van der Waals surface area contributed by atoms with Crippen LogP contribution in [-0.4, -0.2) is 30.6 Å². The summed E-state index contributed by atoms with van der Waals surface area (Å²) in [6.45, 7) is 0. The number of sulfonamides is 1. The number of alkyl halides is 1. The van der Waals surface area contributed by atoms with E-state index in [1.807, 2.05) is 0 Å². The normalized spacial score (nSPS) is 23.5. The Hall–Kier alpha value is -0.600. The average molecular weight is 386 g/mol. The molecule has 0 N–H and O–H groups in total. The molecule has 1 saturated carbocycles. The van der Waals surface area contributed by atoms with Gasteiger partial charge in [0, 0.05) is 30.0 Å². The summed E-state index contributed by atoms with van der Waals surface area (Å²) in [7, 11) is -3.07. The molecule has 1 aromatic rings. The number of benzene rings is 1. The molecule has 1 aliphatic rings. The van der Waals surface area contributed by atoms with E-state index in [0.717, 1.165) is 23.6 Å². The Labute approximate surface area is 130 Å². The summed E-state index contributed by atoms with van der Waals surface area (Å²) in [6, 6.07) is 0.361. The minimum atomic E-state index is -4.36. The summed E-state index contributed by atoms with van der Waals surface area (Å²) in [4.78, 5) is -1.17. The van der Waals surface area contributed by atoms with Crippen LogP contribution >= 0.6 is 15.9 Å². The van der Waals surface area contributed by atoms with Crippen LogP contribution in [0.4, 0.5) is 13.2 Å². The third-order valence-electron chi connectivity index (χ3n) is 3.71. The number of halogens is 4. The van der Waals surface area contributed by atoms with E-state index in [1.165, 1.54) is 7.05 Å². The molecule has 1 aliphatic carbocycles. The Morgan fingerprint density at radius 3 is 2.19 bits per heavy atom. The van der Waals surface area contributed by atoms with Crippen LogP contribution in [0.5, 0.6) is 0 Å². The molecule has 0 amide bonds. The van der Waals surface area contributed by atoms with E-state index in [2.05, 4.69) is 15.9 Å². The molecule has 0 spiro atoms. The van der Waals surface area contributed by atoms with Crippen molar-refractivity contribution in [2.24, 2.45) is 0 Å². The zero-order valence-electron chi connectivity index (χ0n) is 11.3. The lowest BCUT2D eigenvalue weighted by molar-refractivity contribution is 0.295. The second-order valence-electron chi connectivity index (χ2n) is 5.09. The first-order valence-corrected chi connectivity index (χ1v) is 8.87. The van der Waals surface area contributed by atoms with E-state index < -0.39 is 32.4 Å². The predicted molar refractivity (Wildman–Crippen MR) is 76.2 cm³/mol. The fraction of sp³-hybridized carbons (Fsp3) is 0.538. The quantitative estimate of drug-likeness (QED) is 0.747. The van der Waals surface area contributed by atoms with Gasteiger partial charge in [0.15, 0.2) is 4.90 Å². The third-order valence-corrected chi connectivity index (χ3v) is 6.72. The summed E-state index contributed by atoms with van der Waals surface area (Å²) >= 11 is 3.42. The molecule has 3 nitrogen and oxygen atoms in total. The highest BCUT2D eigenvalue weighted by molar-refractivity contribution is 9.09. The maximum atomic E-state index is 13.7. The van der Waals surface area contributed by atoms with Crippen molar-refractivity contribution in [2.45, 2.75) is 41.4 Å². The summed E-state index contributed by atoms with van der Waals surface area (Å²) in [6.07, 6.45) is 3.22. The minimum absolute atomic E-state index is 0.0717. The molecule has 0 heterocycles. The molecule has 8 heteroatoms. The highest BCUT2D eigenvalue weighted by Gasteiger charge is 2.37. The Kier molecular flexibility index (Phi) is 4.99.